The van der Waals surface area contributed by atoms with Crippen LogP contribution in [0, 0.1) is 5.41 Å². The molecule has 2 saturated heterocycles. The van der Waals surface area contributed by atoms with Gasteiger partial charge >= 0.3 is 0 Å². The molecular formula is C19H19N3O3. The van der Waals surface area contributed by atoms with E-state index in [-0.39, 0.29) is 18.1 Å². The van der Waals surface area contributed by atoms with Crippen molar-refractivity contribution < 1.29 is 14.3 Å². The number of nitrogens with zero attached hydrogens (tertiary/aromatic N) is 3. The minimum Gasteiger partial charge on any atom is -0.454 e. The number of hydrogen-bond donors (Lipinski definition) is 0. The van der Waals surface area contributed by atoms with Gasteiger partial charge in [0.15, 0.2) is 11.5 Å². The zero-order valence-corrected chi connectivity index (χ0v) is 13.9. The van der Waals surface area contributed by atoms with Crippen LogP contribution in [0.25, 0.3) is 0 Å². The lowest BCUT2D eigenvalue weighted by atomic mass is 9.71. The predicted molar refractivity (Wildman–Crippen MR) is 93.0 cm³/mol. The number of ether oxygens (including phenoxy) is 2. The molecule has 0 atom stereocenters. The molecule has 4 heterocycles. The van der Waals surface area contributed by atoms with Gasteiger partial charge in [0, 0.05) is 37.6 Å². The molecule has 0 N–H and O–H groups in total. The molecular weight excluding hydrogens is 318 g/mol. The molecule has 25 heavy (non-hydrogen) atoms. The third-order valence-corrected chi connectivity index (χ3v) is 5.52. The summed E-state index contributed by atoms with van der Waals surface area (Å²) in [5.74, 6) is 2.69. The molecule has 0 unspecified atom stereocenters. The molecule has 2 aromatic rings. The molecule has 1 amide bonds. The summed E-state index contributed by atoms with van der Waals surface area (Å²) in [6, 6.07) is 11.7. The zero-order valence-electron chi connectivity index (χ0n) is 13.9. The van der Waals surface area contributed by atoms with Gasteiger partial charge in [0.2, 0.25) is 12.7 Å². The Kier molecular flexibility index (Phi) is 3.13. The molecule has 1 aromatic carbocycles. The number of benzene rings is 1. The van der Waals surface area contributed by atoms with Crippen LogP contribution in [-0.4, -0.2) is 37.3 Å². The van der Waals surface area contributed by atoms with Crippen LogP contribution in [0.4, 0.5) is 11.5 Å². The maximum absolute atomic E-state index is 12.9. The molecule has 2 fully saturated rings. The Hall–Kier alpha value is -2.76. The topological polar surface area (TPSA) is 54.9 Å². The molecule has 1 spiro atoms. The molecule has 0 aliphatic carbocycles. The zero-order chi connectivity index (χ0) is 16.9. The summed E-state index contributed by atoms with van der Waals surface area (Å²) >= 11 is 0. The van der Waals surface area contributed by atoms with Crippen molar-refractivity contribution in [1.29, 1.82) is 0 Å². The van der Waals surface area contributed by atoms with Crippen LogP contribution in [0.1, 0.15) is 12.8 Å². The SMILES string of the molecule is O=C1N(c2ccc3c(c2)OCO3)CC12CCN(c1ccccn1)CC2. The minimum absolute atomic E-state index is 0.207. The van der Waals surface area contributed by atoms with E-state index in [4.69, 9.17) is 9.47 Å². The first kappa shape index (κ1) is 14.6. The molecule has 3 aliphatic rings. The van der Waals surface area contributed by atoms with Crippen LogP contribution in [0.3, 0.4) is 0 Å². The Morgan fingerprint density at radius 1 is 1.04 bits per heavy atom. The van der Waals surface area contributed by atoms with E-state index in [1.165, 1.54) is 0 Å². The summed E-state index contributed by atoms with van der Waals surface area (Å²) in [5, 5.41) is 0. The Bertz CT molecular complexity index is 816. The van der Waals surface area contributed by atoms with Crippen LogP contribution >= 0.6 is 0 Å². The molecule has 0 saturated carbocycles. The standard InChI is InChI=1S/C19H19N3O3/c23-18-19(6-9-21(10-7-19)17-3-1-2-8-20-17)12-22(18)14-4-5-15-16(11-14)25-13-24-15/h1-5,8,11H,6-7,9-10,12-13H2. The summed E-state index contributed by atoms with van der Waals surface area (Å²) in [6.45, 7) is 2.77. The van der Waals surface area contributed by atoms with Crippen LogP contribution in [0.15, 0.2) is 42.6 Å². The minimum atomic E-state index is -0.207. The Morgan fingerprint density at radius 3 is 2.64 bits per heavy atom. The lowest BCUT2D eigenvalue weighted by Crippen LogP contribution is -2.65. The molecule has 5 rings (SSSR count). The lowest BCUT2D eigenvalue weighted by Gasteiger charge is -2.52. The molecule has 6 heteroatoms. The Balaban J connectivity index is 1.28. The third-order valence-electron chi connectivity index (χ3n) is 5.52. The van der Waals surface area contributed by atoms with Gasteiger partial charge in [-0.25, -0.2) is 4.98 Å². The quantitative estimate of drug-likeness (QED) is 0.788. The van der Waals surface area contributed by atoms with Crippen molar-refractivity contribution in [2.75, 3.05) is 36.2 Å². The number of anilines is 2. The molecule has 6 nitrogen and oxygen atoms in total. The van der Waals surface area contributed by atoms with Crippen molar-refractivity contribution in [2.45, 2.75) is 12.8 Å². The number of rotatable bonds is 2. The molecule has 0 bridgehead atoms. The van der Waals surface area contributed by atoms with Crippen molar-refractivity contribution in [3.05, 3.63) is 42.6 Å². The molecule has 1 aromatic heterocycles. The van der Waals surface area contributed by atoms with Gasteiger partial charge in [-0.15, -0.1) is 0 Å². The van der Waals surface area contributed by atoms with Gasteiger partial charge in [-0.1, -0.05) is 6.07 Å². The largest absolute Gasteiger partial charge is 0.454 e. The van der Waals surface area contributed by atoms with E-state index in [0.29, 0.717) is 0 Å². The number of β-lactam (4-membered cyclic amide) rings is 1. The summed E-state index contributed by atoms with van der Waals surface area (Å²) in [7, 11) is 0. The fraction of sp³-hybridized carbons (Fsp3) is 0.368. The fourth-order valence-corrected chi connectivity index (χ4v) is 3.98. The van der Waals surface area contributed by atoms with E-state index in [1.807, 2.05) is 47.5 Å². The summed E-state index contributed by atoms with van der Waals surface area (Å²) in [5.41, 5.74) is 0.689. The molecule has 3 aliphatic heterocycles. The highest BCUT2D eigenvalue weighted by molar-refractivity contribution is 6.04. The van der Waals surface area contributed by atoms with Crippen LogP contribution in [-0.2, 0) is 4.79 Å². The highest BCUT2D eigenvalue weighted by Crippen LogP contribution is 2.46. The number of carbonyl (C=O) groups excluding carboxylic acids is 1. The number of fused-ring (bicyclic) bond motifs is 1. The fourth-order valence-electron chi connectivity index (χ4n) is 3.98. The number of hydrogen-bond acceptors (Lipinski definition) is 5. The second-order valence-electron chi connectivity index (χ2n) is 6.88. The first-order chi connectivity index (χ1) is 12.3. The van der Waals surface area contributed by atoms with Crippen molar-refractivity contribution in [3.8, 4) is 11.5 Å². The second-order valence-corrected chi connectivity index (χ2v) is 6.88. The lowest BCUT2D eigenvalue weighted by molar-refractivity contribution is -0.136. The number of pyridine rings is 1. The van der Waals surface area contributed by atoms with Crippen molar-refractivity contribution in [1.82, 2.24) is 4.98 Å². The first-order valence-electron chi connectivity index (χ1n) is 8.63. The Labute approximate surface area is 146 Å². The number of carbonyl (C=O) groups is 1. The summed E-state index contributed by atoms with van der Waals surface area (Å²) < 4.78 is 10.8. The number of amides is 1. The second kappa shape index (κ2) is 5.37. The predicted octanol–water partition coefficient (Wildman–Crippen LogP) is 2.44. The highest BCUT2D eigenvalue weighted by Gasteiger charge is 2.53. The van der Waals surface area contributed by atoms with Crippen LogP contribution in [0.5, 0.6) is 11.5 Å². The Morgan fingerprint density at radius 2 is 1.88 bits per heavy atom. The summed E-state index contributed by atoms with van der Waals surface area (Å²) in [6.07, 6.45) is 3.57. The number of aromatic nitrogens is 1. The van der Waals surface area contributed by atoms with Crippen LogP contribution in [0.2, 0.25) is 0 Å². The third kappa shape index (κ3) is 2.24. The van der Waals surface area contributed by atoms with Gasteiger partial charge < -0.3 is 19.3 Å². The molecule has 128 valence electrons. The van der Waals surface area contributed by atoms with Crippen LogP contribution < -0.4 is 19.3 Å². The van der Waals surface area contributed by atoms with E-state index < -0.39 is 0 Å². The van der Waals surface area contributed by atoms with Gasteiger partial charge in [0.1, 0.15) is 5.82 Å². The molecule has 0 radical (unpaired) electrons. The maximum atomic E-state index is 12.9. The van der Waals surface area contributed by atoms with E-state index in [0.717, 1.165) is 55.5 Å². The van der Waals surface area contributed by atoms with Gasteiger partial charge in [-0.2, -0.15) is 0 Å². The van der Waals surface area contributed by atoms with Gasteiger partial charge in [0.05, 0.1) is 5.41 Å². The average molecular weight is 337 g/mol. The monoisotopic (exact) mass is 337 g/mol. The number of piperidine rings is 1. The summed E-state index contributed by atoms with van der Waals surface area (Å²) in [4.78, 5) is 21.4. The van der Waals surface area contributed by atoms with E-state index in [9.17, 15) is 4.79 Å². The van der Waals surface area contributed by atoms with E-state index >= 15 is 0 Å². The van der Waals surface area contributed by atoms with Crippen molar-refractivity contribution in [3.63, 3.8) is 0 Å². The van der Waals surface area contributed by atoms with Gasteiger partial charge in [-0.3, -0.25) is 4.79 Å². The smallest absolute Gasteiger partial charge is 0.235 e. The highest BCUT2D eigenvalue weighted by atomic mass is 16.7. The average Bonchev–Trinajstić information content (AvgIpc) is 3.15. The van der Waals surface area contributed by atoms with Gasteiger partial charge in [0.25, 0.3) is 0 Å². The normalized spacial score (nSPS) is 20.7. The first-order valence-corrected chi connectivity index (χ1v) is 8.63. The van der Waals surface area contributed by atoms with E-state index in [2.05, 4.69) is 9.88 Å². The van der Waals surface area contributed by atoms with Gasteiger partial charge in [-0.05, 0) is 37.1 Å². The van der Waals surface area contributed by atoms with E-state index in [1.54, 1.807) is 0 Å². The maximum Gasteiger partial charge on any atom is 0.235 e. The van der Waals surface area contributed by atoms with Crippen molar-refractivity contribution in [2.24, 2.45) is 5.41 Å². The van der Waals surface area contributed by atoms with Crippen molar-refractivity contribution >= 4 is 17.4 Å².